The minimum atomic E-state index is -1.37. The third-order valence-electron chi connectivity index (χ3n) is 3.12. The molecule has 0 saturated carbocycles. The van der Waals surface area contributed by atoms with Crippen LogP contribution >= 0.6 is 15.9 Å². The van der Waals surface area contributed by atoms with Crippen molar-refractivity contribution in [3.63, 3.8) is 0 Å². The van der Waals surface area contributed by atoms with Crippen LogP contribution in [0.3, 0.4) is 0 Å². The molecule has 0 fully saturated rings. The summed E-state index contributed by atoms with van der Waals surface area (Å²) in [5, 5.41) is 14.5. The van der Waals surface area contributed by atoms with E-state index < -0.39 is 5.79 Å². The first-order chi connectivity index (χ1) is 9.17. The summed E-state index contributed by atoms with van der Waals surface area (Å²) in [4.78, 5) is 5.26. The normalized spacial score (nSPS) is 21.9. The fraction of sp³-hybridized carbons (Fsp3) is 0.133. The van der Waals surface area contributed by atoms with Gasteiger partial charge in [0, 0.05) is 10.0 Å². The summed E-state index contributed by atoms with van der Waals surface area (Å²) in [5.41, 5.74) is 2.42. The van der Waals surface area contributed by atoms with Gasteiger partial charge in [-0.3, -0.25) is 0 Å². The molecule has 0 radical (unpaired) electrons. The maximum absolute atomic E-state index is 10.5. The molecule has 0 bridgehead atoms. The van der Waals surface area contributed by atoms with Crippen LogP contribution in [-0.4, -0.2) is 10.8 Å². The Balaban J connectivity index is 1.85. The molecule has 2 aromatic carbocycles. The van der Waals surface area contributed by atoms with E-state index in [0.717, 1.165) is 15.7 Å². The van der Waals surface area contributed by atoms with Gasteiger partial charge in [0.15, 0.2) is 0 Å². The SMILES string of the molecule is OC1(c2ccc(Br)cc2)CC(c2ccccc2)=NO1. The Morgan fingerprint density at radius 2 is 1.74 bits per heavy atom. The van der Waals surface area contributed by atoms with Crippen LogP contribution in [0.5, 0.6) is 0 Å². The van der Waals surface area contributed by atoms with E-state index in [0.29, 0.717) is 12.0 Å². The van der Waals surface area contributed by atoms with E-state index in [1.54, 1.807) is 0 Å². The Hall–Kier alpha value is -1.65. The van der Waals surface area contributed by atoms with Crippen LogP contribution in [-0.2, 0) is 10.6 Å². The van der Waals surface area contributed by atoms with E-state index in [4.69, 9.17) is 4.84 Å². The highest BCUT2D eigenvalue weighted by Crippen LogP contribution is 2.34. The van der Waals surface area contributed by atoms with Gasteiger partial charge in [-0.25, -0.2) is 0 Å². The van der Waals surface area contributed by atoms with Crippen LogP contribution < -0.4 is 0 Å². The zero-order valence-electron chi connectivity index (χ0n) is 10.1. The minimum Gasteiger partial charge on any atom is -0.355 e. The number of nitrogens with zero attached hydrogens (tertiary/aromatic N) is 1. The van der Waals surface area contributed by atoms with Crippen molar-refractivity contribution >= 4 is 21.6 Å². The quantitative estimate of drug-likeness (QED) is 0.922. The molecule has 96 valence electrons. The van der Waals surface area contributed by atoms with Crippen LogP contribution in [0.1, 0.15) is 17.5 Å². The van der Waals surface area contributed by atoms with Gasteiger partial charge in [-0.1, -0.05) is 63.6 Å². The number of benzene rings is 2. The Kier molecular flexibility index (Phi) is 3.12. The molecule has 3 rings (SSSR count). The van der Waals surface area contributed by atoms with Gasteiger partial charge in [-0.05, 0) is 17.7 Å². The van der Waals surface area contributed by atoms with Gasteiger partial charge in [0.25, 0.3) is 5.79 Å². The van der Waals surface area contributed by atoms with Crippen molar-refractivity contribution in [2.45, 2.75) is 12.2 Å². The first-order valence-electron chi connectivity index (χ1n) is 5.96. The number of aliphatic hydroxyl groups is 1. The second kappa shape index (κ2) is 4.79. The average molecular weight is 318 g/mol. The molecule has 1 aliphatic rings. The lowest BCUT2D eigenvalue weighted by Gasteiger charge is -2.20. The lowest BCUT2D eigenvalue weighted by Crippen LogP contribution is -2.25. The van der Waals surface area contributed by atoms with Crippen LogP contribution in [0.15, 0.2) is 64.2 Å². The third-order valence-corrected chi connectivity index (χ3v) is 3.64. The van der Waals surface area contributed by atoms with Gasteiger partial charge in [-0.15, -0.1) is 0 Å². The molecule has 1 N–H and O–H groups in total. The number of halogens is 1. The molecule has 0 aromatic heterocycles. The zero-order chi connectivity index (χ0) is 13.3. The Morgan fingerprint density at radius 3 is 2.42 bits per heavy atom. The third kappa shape index (κ3) is 2.41. The molecule has 0 aliphatic carbocycles. The molecule has 0 saturated heterocycles. The van der Waals surface area contributed by atoms with Crippen LogP contribution in [0.4, 0.5) is 0 Å². The molecule has 0 spiro atoms. The molecule has 1 atom stereocenters. The van der Waals surface area contributed by atoms with E-state index in [-0.39, 0.29) is 0 Å². The first kappa shape index (κ1) is 12.4. The highest BCUT2D eigenvalue weighted by Gasteiger charge is 2.39. The minimum absolute atomic E-state index is 0.346. The maximum Gasteiger partial charge on any atom is 0.266 e. The average Bonchev–Trinajstić information content (AvgIpc) is 2.84. The van der Waals surface area contributed by atoms with Crippen molar-refractivity contribution in [2.75, 3.05) is 0 Å². The Bertz CT molecular complexity index is 610. The van der Waals surface area contributed by atoms with E-state index in [1.807, 2.05) is 54.6 Å². The number of hydrogen-bond acceptors (Lipinski definition) is 3. The van der Waals surface area contributed by atoms with E-state index in [1.165, 1.54) is 0 Å². The fourth-order valence-electron chi connectivity index (χ4n) is 2.07. The second-order valence-electron chi connectivity index (χ2n) is 4.46. The molecule has 4 heteroatoms. The summed E-state index contributed by atoms with van der Waals surface area (Å²) in [7, 11) is 0. The van der Waals surface area contributed by atoms with Gasteiger partial charge in [0.1, 0.15) is 0 Å². The summed E-state index contributed by atoms with van der Waals surface area (Å²) in [6.45, 7) is 0. The zero-order valence-corrected chi connectivity index (χ0v) is 11.7. The number of oxime groups is 1. The number of hydrogen-bond donors (Lipinski definition) is 1. The maximum atomic E-state index is 10.5. The van der Waals surface area contributed by atoms with Crippen LogP contribution in [0.25, 0.3) is 0 Å². The predicted octanol–water partition coefficient (Wildman–Crippen LogP) is 3.42. The molecule has 1 aliphatic heterocycles. The Labute approximate surface area is 119 Å². The molecular formula is C15H12BrNO2. The van der Waals surface area contributed by atoms with Crippen LogP contribution in [0, 0.1) is 0 Å². The molecule has 1 unspecified atom stereocenters. The van der Waals surface area contributed by atoms with Gasteiger partial charge in [-0.2, -0.15) is 0 Å². The monoisotopic (exact) mass is 317 g/mol. The summed E-state index contributed by atoms with van der Waals surface area (Å²) >= 11 is 3.37. The van der Waals surface area contributed by atoms with Crippen molar-refractivity contribution in [1.29, 1.82) is 0 Å². The molecular weight excluding hydrogens is 306 g/mol. The number of rotatable bonds is 2. The predicted molar refractivity (Wildman–Crippen MR) is 76.7 cm³/mol. The summed E-state index contributed by atoms with van der Waals surface area (Å²) in [6.07, 6.45) is 0.346. The van der Waals surface area contributed by atoms with Gasteiger partial charge in [0.05, 0.1) is 12.1 Å². The van der Waals surface area contributed by atoms with E-state index >= 15 is 0 Å². The fourth-order valence-corrected chi connectivity index (χ4v) is 2.34. The highest BCUT2D eigenvalue weighted by molar-refractivity contribution is 9.10. The van der Waals surface area contributed by atoms with Crippen molar-refractivity contribution in [1.82, 2.24) is 0 Å². The van der Waals surface area contributed by atoms with Gasteiger partial charge < -0.3 is 9.94 Å². The molecule has 19 heavy (non-hydrogen) atoms. The topological polar surface area (TPSA) is 41.8 Å². The second-order valence-corrected chi connectivity index (χ2v) is 5.38. The molecule has 3 nitrogen and oxygen atoms in total. The van der Waals surface area contributed by atoms with Crippen molar-refractivity contribution in [2.24, 2.45) is 5.16 Å². The summed E-state index contributed by atoms with van der Waals surface area (Å²) < 4.78 is 0.960. The van der Waals surface area contributed by atoms with Crippen molar-refractivity contribution in [3.8, 4) is 0 Å². The molecule has 1 heterocycles. The van der Waals surface area contributed by atoms with Crippen LogP contribution in [0.2, 0.25) is 0 Å². The molecule has 0 amide bonds. The lowest BCUT2D eigenvalue weighted by atomic mass is 9.97. The van der Waals surface area contributed by atoms with Crippen molar-refractivity contribution < 1.29 is 9.94 Å². The first-order valence-corrected chi connectivity index (χ1v) is 6.76. The van der Waals surface area contributed by atoms with Gasteiger partial charge in [0.2, 0.25) is 0 Å². The van der Waals surface area contributed by atoms with E-state index in [9.17, 15) is 5.11 Å². The largest absolute Gasteiger partial charge is 0.355 e. The van der Waals surface area contributed by atoms with Gasteiger partial charge >= 0.3 is 0 Å². The highest BCUT2D eigenvalue weighted by atomic mass is 79.9. The summed E-state index contributed by atoms with van der Waals surface area (Å²) in [5.74, 6) is -1.37. The smallest absolute Gasteiger partial charge is 0.266 e. The van der Waals surface area contributed by atoms with E-state index in [2.05, 4.69) is 21.1 Å². The molecule has 2 aromatic rings. The lowest BCUT2D eigenvalue weighted by molar-refractivity contribution is -0.193. The standard InChI is InChI=1S/C15H12BrNO2/c16-13-8-6-12(7-9-13)15(18)10-14(17-19-15)11-4-2-1-3-5-11/h1-9,18H,10H2. The van der Waals surface area contributed by atoms with Crippen molar-refractivity contribution in [3.05, 3.63) is 70.2 Å². The summed E-state index contributed by atoms with van der Waals surface area (Å²) in [6, 6.07) is 17.1. The Morgan fingerprint density at radius 1 is 1.05 bits per heavy atom.